The van der Waals surface area contributed by atoms with E-state index in [1.54, 1.807) is 12.1 Å². The van der Waals surface area contributed by atoms with Crippen molar-refractivity contribution in [3.63, 3.8) is 0 Å². The Labute approximate surface area is 133 Å². The van der Waals surface area contributed by atoms with Gasteiger partial charge in [-0.25, -0.2) is 0 Å². The number of alkyl halides is 3. The van der Waals surface area contributed by atoms with E-state index in [1.165, 1.54) is 17.8 Å². The zero-order valence-electron chi connectivity index (χ0n) is 12.6. The highest BCUT2D eigenvalue weighted by Gasteiger charge is 2.31. The van der Waals surface area contributed by atoms with Crippen molar-refractivity contribution in [3.05, 3.63) is 60.2 Å². The molecule has 3 rings (SSSR count). The minimum absolute atomic E-state index is 0.164. The Balaban J connectivity index is 1.59. The number of para-hydroxylation sites is 1. The van der Waals surface area contributed by atoms with Gasteiger partial charge in [-0.05, 0) is 48.6 Å². The molecule has 0 N–H and O–H groups in total. The molecule has 23 heavy (non-hydrogen) atoms. The van der Waals surface area contributed by atoms with Gasteiger partial charge in [0.15, 0.2) is 0 Å². The number of ether oxygens (including phenoxy) is 1. The maximum Gasteiger partial charge on any atom is 0.573 e. The van der Waals surface area contributed by atoms with Crippen LogP contribution >= 0.6 is 0 Å². The molecule has 5 heteroatoms. The van der Waals surface area contributed by atoms with Gasteiger partial charge < -0.3 is 9.64 Å². The summed E-state index contributed by atoms with van der Waals surface area (Å²) in [4.78, 5) is 2.34. The van der Waals surface area contributed by atoms with Crippen LogP contribution < -0.4 is 9.64 Å². The molecule has 1 fully saturated rings. The summed E-state index contributed by atoms with van der Waals surface area (Å²) in [5.74, 6) is 0.220. The quantitative estimate of drug-likeness (QED) is 0.791. The van der Waals surface area contributed by atoms with Crippen LogP contribution in [0.5, 0.6) is 5.75 Å². The van der Waals surface area contributed by atoms with Crippen molar-refractivity contribution in [2.75, 3.05) is 18.0 Å². The smallest absolute Gasteiger partial charge is 0.406 e. The fraction of sp³-hybridized carbons (Fsp3) is 0.333. The Hall–Kier alpha value is -2.17. The van der Waals surface area contributed by atoms with Crippen molar-refractivity contribution in [2.45, 2.75) is 25.1 Å². The van der Waals surface area contributed by atoms with Crippen LogP contribution in [0.25, 0.3) is 0 Å². The lowest BCUT2D eigenvalue weighted by Gasteiger charge is -2.34. The lowest BCUT2D eigenvalue weighted by Crippen LogP contribution is -2.32. The maximum absolute atomic E-state index is 12.2. The molecule has 1 aliphatic rings. The number of anilines is 1. The number of hydrogen-bond donors (Lipinski definition) is 0. The number of nitrogens with zero attached hydrogens (tertiary/aromatic N) is 1. The Kier molecular flexibility index (Phi) is 4.46. The first kappa shape index (κ1) is 15.7. The molecule has 0 aromatic heterocycles. The topological polar surface area (TPSA) is 12.5 Å². The molecule has 0 amide bonds. The van der Waals surface area contributed by atoms with Crippen LogP contribution in [0.4, 0.5) is 18.9 Å². The number of benzene rings is 2. The van der Waals surface area contributed by atoms with Gasteiger partial charge in [-0.3, -0.25) is 0 Å². The van der Waals surface area contributed by atoms with Crippen LogP contribution in [0.2, 0.25) is 0 Å². The van der Waals surface area contributed by atoms with Gasteiger partial charge in [-0.15, -0.1) is 13.2 Å². The summed E-state index contributed by atoms with van der Waals surface area (Å²) in [6, 6.07) is 16.5. The summed E-state index contributed by atoms with van der Waals surface area (Å²) in [7, 11) is 0. The van der Waals surface area contributed by atoms with Crippen LogP contribution in [0.3, 0.4) is 0 Å². The largest absolute Gasteiger partial charge is 0.573 e. The first-order valence-corrected chi connectivity index (χ1v) is 7.67. The number of rotatable bonds is 3. The lowest BCUT2D eigenvalue weighted by atomic mass is 9.89. The van der Waals surface area contributed by atoms with Gasteiger partial charge in [0.25, 0.3) is 0 Å². The highest BCUT2D eigenvalue weighted by molar-refractivity contribution is 5.46. The monoisotopic (exact) mass is 321 g/mol. The molecule has 1 aliphatic heterocycles. The minimum Gasteiger partial charge on any atom is -0.406 e. The first-order chi connectivity index (χ1) is 11.0. The number of piperidine rings is 1. The predicted molar refractivity (Wildman–Crippen MR) is 83.8 cm³/mol. The summed E-state index contributed by atoms with van der Waals surface area (Å²) in [5, 5.41) is 0. The van der Waals surface area contributed by atoms with E-state index in [0.717, 1.165) is 31.5 Å². The SMILES string of the molecule is FC(F)(F)Oc1ccc(C2CCN(c3ccccc3)CC2)cc1. The third-order valence-corrected chi connectivity index (χ3v) is 4.20. The zero-order valence-corrected chi connectivity index (χ0v) is 12.6. The normalized spacial score (nSPS) is 16.4. The second kappa shape index (κ2) is 6.52. The number of halogens is 3. The van der Waals surface area contributed by atoms with E-state index in [-0.39, 0.29) is 5.75 Å². The Morgan fingerprint density at radius 1 is 0.870 bits per heavy atom. The van der Waals surface area contributed by atoms with Crippen LogP contribution in [0.1, 0.15) is 24.3 Å². The summed E-state index contributed by atoms with van der Waals surface area (Å²) in [5.41, 5.74) is 2.30. The average molecular weight is 321 g/mol. The molecule has 0 saturated carbocycles. The summed E-state index contributed by atoms with van der Waals surface area (Å²) in [6.45, 7) is 1.91. The second-order valence-corrected chi connectivity index (χ2v) is 5.71. The average Bonchev–Trinajstić information content (AvgIpc) is 2.55. The Morgan fingerprint density at radius 3 is 2.04 bits per heavy atom. The summed E-state index contributed by atoms with van der Waals surface area (Å²) in [6.07, 6.45) is -2.65. The van der Waals surface area contributed by atoms with E-state index >= 15 is 0 Å². The van der Waals surface area contributed by atoms with Crippen molar-refractivity contribution < 1.29 is 17.9 Å². The van der Waals surface area contributed by atoms with Crippen molar-refractivity contribution in [1.82, 2.24) is 0 Å². The Bertz CT molecular complexity index is 617. The van der Waals surface area contributed by atoms with Crippen LogP contribution in [0, 0.1) is 0 Å². The molecule has 2 nitrogen and oxygen atoms in total. The van der Waals surface area contributed by atoms with Crippen molar-refractivity contribution in [3.8, 4) is 5.75 Å². The van der Waals surface area contributed by atoms with Crippen LogP contribution in [-0.4, -0.2) is 19.5 Å². The van der Waals surface area contributed by atoms with Crippen LogP contribution in [-0.2, 0) is 0 Å². The maximum atomic E-state index is 12.2. The molecule has 0 radical (unpaired) electrons. The molecular formula is C18H18F3NO. The predicted octanol–water partition coefficient (Wildman–Crippen LogP) is 4.97. The van der Waals surface area contributed by atoms with Crippen LogP contribution in [0.15, 0.2) is 54.6 Å². The highest BCUT2D eigenvalue weighted by Crippen LogP contribution is 2.32. The van der Waals surface area contributed by atoms with E-state index < -0.39 is 6.36 Å². The van der Waals surface area contributed by atoms with E-state index in [0.29, 0.717) is 5.92 Å². The minimum atomic E-state index is -4.64. The van der Waals surface area contributed by atoms with Gasteiger partial charge in [0.05, 0.1) is 0 Å². The van der Waals surface area contributed by atoms with E-state index in [4.69, 9.17) is 0 Å². The summed E-state index contributed by atoms with van der Waals surface area (Å²) >= 11 is 0. The van der Waals surface area contributed by atoms with Gasteiger partial charge in [0.2, 0.25) is 0 Å². The standard InChI is InChI=1S/C18H18F3NO/c19-18(20,21)23-17-8-6-14(7-9-17)15-10-12-22(13-11-15)16-4-2-1-3-5-16/h1-9,15H,10-13H2. The fourth-order valence-electron chi connectivity index (χ4n) is 3.05. The molecule has 0 aliphatic carbocycles. The summed E-state index contributed by atoms with van der Waals surface area (Å²) < 4.78 is 40.4. The van der Waals surface area contributed by atoms with E-state index in [9.17, 15) is 13.2 Å². The van der Waals surface area contributed by atoms with Crippen molar-refractivity contribution in [2.24, 2.45) is 0 Å². The Morgan fingerprint density at radius 2 is 1.48 bits per heavy atom. The first-order valence-electron chi connectivity index (χ1n) is 7.67. The molecule has 0 unspecified atom stereocenters. The van der Waals surface area contributed by atoms with Gasteiger partial charge in [-0.2, -0.15) is 0 Å². The fourth-order valence-corrected chi connectivity index (χ4v) is 3.05. The van der Waals surface area contributed by atoms with Gasteiger partial charge in [0.1, 0.15) is 5.75 Å². The molecule has 1 saturated heterocycles. The van der Waals surface area contributed by atoms with Crippen molar-refractivity contribution in [1.29, 1.82) is 0 Å². The third-order valence-electron chi connectivity index (χ3n) is 4.20. The molecule has 122 valence electrons. The van der Waals surface area contributed by atoms with E-state index in [2.05, 4.69) is 21.8 Å². The molecular weight excluding hydrogens is 303 g/mol. The molecule has 1 heterocycles. The van der Waals surface area contributed by atoms with Crippen molar-refractivity contribution >= 4 is 5.69 Å². The highest BCUT2D eigenvalue weighted by atomic mass is 19.4. The molecule has 2 aromatic rings. The number of hydrogen-bond acceptors (Lipinski definition) is 2. The van der Waals surface area contributed by atoms with Gasteiger partial charge in [0, 0.05) is 18.8 Å². The molecule has 2 aromatic carbocycles. The molecule has 0 spiro atoms. The lowest BCUT2D eigenvalue weighted by molar-refractivity contribution is -0.274. The second-order valence-electron chi connectivity index (χ2n) is 5.71. The molecule has 0 bridgehead atoms. The van der Waals surface area contributed by atoms with Gasteiger partial charge in [-0.1, -0.05) is 30.3 Å². The molecule has 0 atom stereocenters. The third kappa shape index (κ3) is 4.18. The zero-order chi connectivity index (χ0) is 16.3. The van der Waals surface area contributed by atoms with E-state index in [1.807, 2.05) is 18.2 Å². The van der Waals surface area contributed by atoms with Gasteiger partial charge >= 0.3 is 6.36 Å².